The first-order valence-corrected chi connectivity index (χ1v) is 6.13. The van der Waals surface area contributed by atoms with Crippen molar-refractivity contribution in [3.05, 3.63) is 0 Å². The summed E-state index contributed by atoms with van der Waals surface area (Å²) >= 11 is 0. The fraction of sp³-hybridized carbons (Fsp3) is 0.714. The Morgan fingerprint density at radius 2 is 1.90 bits per heavy atom. The second-order valence-corrected chi connectivity index (χ2v) is 4.82. The third-order valence-electron chi connectivity index (χ3n) is 2.80. The molecular formula is C7H11N3Na2O7S. The van der Waals surface area contributed by atoms with E-state index in [0.29, 0.717) is 11.5 Å². The molecule has 13 heteroatoms. The Kier molecular flexibility index (Phi) is 9.44. The number of hydrogen-bond donors (Lipinski definition) is 1. The SMILES string of the molecule is N=C([O-])[C@H]1CC[C@@H]2CN1C(=O)N2OS(=O)(=O)[O-].O.[Na+].[Na+]. The molecule has 2 heterocycles. The summed E-state index contributed by atoms with van der Waals surface area (Å²) in [5.41, 5.74) is 0. The largest absolute Gasteiger partial charge is 1.00 e. The van der Waals surface area contributed by atoms with E-state index in [9.17, 15) is 22.9 Å². The third-order valence-corrected chi connectivity index (χ3v) is 3.14. The molecule has 2 aliphatic heterocycles. The predicted octanol–water partition coefficient (Wildman–Crippen LogP) is -8.83. The van der Waals surface area contributed by atoms with E-state index < -0.39 is 34.4 Å². The van der Waals surface area contributed by atoms with Crippen LogP contribution in [-0.4, -0.2) is 59.0 Å². The van der Waals surface area contributed by atoms with Crippen molar-refractivity contribution in [3.63, 3.8) is 0 Å². The van der Waals surface area contributed by atoms with Gasteiger partial charge in [0.25, 0.3) is 0 Å². The summed E-state index contributed by atoms with van der Waals surface area (Å²) in [7, 11) is -5.02. The van der Waals surface area contributed by atoms with Crippen molar-refractivity contribution in [2.24, 2.45) is 0 Å². The summed E-state index contributed by atoms with van der Waals surface area (Å²) in [6.45, 7) is 0.0869. The van der Waals surface area contributed by atoms with Crippen LogP contribution in [0.4, 0.5) is 4.79 Å². The Morgan fingerprint density at radius 3 is 2.35 bits per heavy atom. The maximum Gasteiger partial charge on any atom is 1.00 e. The van der Waals surface area contributed by atoms with E-state index in [1.54, 1.807) is 0 Å². The van der Waals surface area contributed by atoms with E-state index in [-0.39, 0.29) is 77.6 Å². The molecule has 0 aliphatic carbocycles. The van der Waals surface area contributed by atoms with Gasteiger partial charge in [-0.15, -0.1) is 0 Å². The molecule has 0 aromatic rings. The zero-order valence-corrected chi connectivity index (χ0v) is 15.8. The number of nitrogens with one attached hydrogen (secondary N) is 1. The van der Waals surface area contributed by atoms with Gasteiger partial charge < -0.3 is 25.4 Å². The van der Waals surface area contributed by atoms with Gasteiger partial charge in [0.15, 0.2) is 0 Å². The van der Waals surface area contributed by atoms with E-state index in [1.807, 2.05) is 0 Å². The Morgan fingerprint density at radius 1 is 1.35 bits per heavy atom. The van der Waals surface area contributed by atoms with Gasteiger partial charge in [0.2, 0.25) is 10.4 Å². The van der Waals surface area contributed by atoms with Crippen LogP contribution in [0, 0.1) is 5.41 Å². The number of nitrogens with zero attached hydrogens (tertiary/aromatic N) is 2. The van der Waals surface area contributed by atoms with Gasteiger partial charge in [-0.05, 0) is 18.7 Å². The number of rotatable bonds is 3. The van der Waals surface area contributed by atoms with E-state index >= 15 is 0 Å². The van der Waals surface area contributed by atoms with Crippen LogP contribution in [0.2, 0.25) is 0 Å². The molecule has 10 nitrogen and oxygen atoms in total. The molecule has 0 aromatic carbocycles. The topological polar surface area (TPSA) is 168 Å². The summed E-state index contributed by atoms with van der Waals surface area (Å²) in [4.78, 5) is 12.7. The minimum Gasteiger partial charge on any atom is -0.861 e. The summed E-state index contributed by atoms with van der Waals surface area (Å²) in [6.07, 6.45) is 0.574. The zero-order valence-electron chi connectivity index (χ0n) is 11.0. The molecule has 2 rings (SSSR count). The molecule has 2 saturated heterocycles. The molecule has 0 spiro atoms. The summed E-state index contributed by atoms with van der Waals surface area (Å²) in [5, 5.41) is 18.4. The number of hydroxylamine groups is 2. The Hall–Kier alpha value is 0.570. The molecule has 2 bridgehead atoms. The molecule has 0 unspecified atom stereocenters. The number of amides is 2. The summed E-state index contributed by atoms with van der Waals surface area (Å²) in [5.74, 6) is -0.913. The maximum absolute atomic E-state index is 11.7. The second kappa shape index (κ2) is 8.27. The third kappa shape index (κ3) is 4.80. The second-order valence-electron chi connectivity index (χ2n) is 3.85. The number of carbonyl (C=O) groups excluding carboxylic acids is 1. The molecule has 2 fully saturated rings. The van der Waals surface area contributed by atoms with E-state index in [4.69, 9.17) is 5.41 Å². The van der Waals surface area contributed by atoms with Crippen LogP contribution in [0.5, 0.6) is 0 Å². The van der Waals surface area contributed by atoms with Crippen LogP contribution in [0.15, 0.2) is 0 Å². The van der Waals surface area contributed by atoms with Crippen LogP contribution in [0.3, 0.4) is 0 Å². The van der Waals surface area contributed by atoms with Crippen molar-refractivity contribution < 1.29 is 91.7 Å². The minimum absolute atomic E-state index is 0. The number of fused-ring (bicyclic) bond motifs is 2. The molecule has 104 valence electrons. The van der Waals surface area contributed by atoms with Crippen molar-refractivity contribution in [2.45, 2.75) is 24.9 Å². The predicted molar refractivity (Wildman–Crippen MR) is 52.9 cm³/mol. The minimum atomic E-state index is -5.02. The van der Waals surface area contributed by atoms with Crippen molar-refractivity contribution >= 4 is 22.3 Å². The van der Waals surface area contributed by atoms with Crippen molar-refractivity contribution in [1.82, 2.24) is 9.96 Å². The average Bonchev–Trinajstić information content (AvgIpc) is 2.42. The molecule has 2 aliphatic rings. The first-order valence-electron chi connectivity index (χ1n) is 4.80. The first kappa shape index (κ1) is 22.8. The van der Waals surface area contributed by atoms with Crippen LogP contribution >= 0.6 is 0 Å². The number of urea groups is 1. The van der Waals surface area contributed by atoms with Gasteiger partial charge in [0.05, 0.1) is 12.1 Å². The van der Waals surface area contributed by atoms with Crippen molar-refractivity contribution in [1.29, 1.82) is 5.41 Å². The Labute approximate surface area is 159 Å². The van der Waals surface area contributed by atoms with Gasteiger partial charge in [-0.3, -0.25) is 0 Å². The molecule has 2 atom stereocenters. The molecule has 0 saturated carbocycles. The molecule has 3 N–H and O–H groups in total. The molecule has 2 amide bonds. The van der Waals surface area contributed by atoms with Gasteiger partial charge in [-0.1, -0.05) is 0 Å². The summed E-state index contributed by atoms with van der Waals surface area (Å²) in [6, 6.07) is -2.32. The Balaban J connectivity index is 0. The van der Waals surface area contributed by atoms with E-state index in [2.05, 4.69) is 4.28 Å². The quantitative estimate of drug-likeness (QED) is 0.177. The monoisotopic (exact) mass is 327 g/mol. The fourth-order valence-electron chi connectivity index (χ4n) is 2.10. The number of carbonyl (C=O) groups is 1. The standard InChI is InChI=1S/C7H11N3O6S.2Na.H2O/c8-6(11)5-2-1-4-3-9(5)7(12)10(4)16-17(13,14)15;;;/h4-5H,1-3H2,(H2,8,11)(H,13,14,15);;;1H2/q;2*+1;/p-2/t4-,5-;;;/m1.../s1. The first-order chi connectivity index (χ1) is 7.79. The molecule has 0 radical (unpaired) electrons. The van der Waals surface area contributed by atoms with Crippen LogP contribution in [0.25, 0.3) is 0 Å². The fourth-order valence-corrected chi connectivity index (χ4v) is 2.48. The van der Waals surface area contributed by atoms with Gasteiger partial charge in [-0.2, -0.15) is 9.35 Å². The van der Waals surface area contributed by atoms with Crippen LogP contribution in [-0.2, 0) is 14.7 Å². The van der Waals surface area contributed by atoms with Gasteiger partial charge in [-0.25, -0.2) is 13.2 Å². The summed E-state index contributed by atoms with van der Waals surface area (Å²) < 4.78 is 35.4. The van der Waals surface area contributed by atoms with Crippen LogP contribution < -0.4 is 64.2 Å². The zero-order chi connectivity index (χ0) is 12.8. The molecule has 20 heavy (non-hydrogen) atoms. The number of hydrogen-bond acceptors (Lipinski definition) is 7. The number of piperidine rings is 1. The van der Waals surface area contributed by atoms with Gasteiger partial charge in [0.1, 0.15) is 0 Å². The van der Waals surface area contributed by atoms with E-state index in [0.717, 1.165) is 4.90 Å². The average molecular weight is 327 g/mol. The van der Waals surface area contributed by atoms with Crippen LogP contribution in [0.1, 0.15) is 12.8 Å². The molecule has 0 aromatic heterocycles. The van der Waals surface area contributed by atoms with E-state index in [1.165, 1.54) is 0 Å². The molecular weight excluding hydrogens is 316 g/mol. The van der Waals surface area contributed by atoms with Gasteiger partial charge >= 0.3 is 65.1 Å². The Bertz CT molecular complexity index is 473. The van der Waals surface area contributed by atoms with Crippen molar-refractivity contribution in [2.75, 3.05) is 6.54 Å². The maximum atomic E-state index is 11.7. The smallest absolute Gasteiger partial charge is 0.861 e. The normalized spacial score (nSPS) is 24.4. The van der Waals surface area contributed by atoms with Gasteiger partial charge in [0, 0.05) is 6.54 Å². The van der Waals surface area contributed by atoms with Crippen molar-refractivity contribution in [3.8, 4) is 0 Å².